The van der Waals surface area contributed by atoms with Gasteiger partial charge in [-0.15, -0.1) is 5.10 Å². The molecule has 1 saturated carbocycles. The lowest BCUT2D eigenvalue weighted by molar-refractivity contribution is 0.0931. The van der Waals surface area contributed by atoms with E-state index >= 15 is 0 Å². The average molecular weight is 474 g/mol. The number of carbonyl (C=O) groups is 1. The average Bonchev–Trinajstić information content (AvgIpc) is 3.67. The summed E-state index contributed by atoms with van der Waals surface area (Å²) in [6, 6.07) is 26.5. The van der Waals surface area contributed by atoms with Gasteiger partial charge < -0.3 is 5.32 Å². The minimum absolute atomic E-state index is 0.0260. The number of nitrogens with one attached hydrogen (secondary N) is 1. The van der Waals surface area contributed by atoms with Gasteiger partial charge >= 0.3 is 0 Å². The van der Waals surface area contributed by atoms with Crippen molar-refractivity contribution in [2.24, 2.45) is 5.92 Å². The van der Waals surface area contributed by atoms with Crippen LogP contribution in [0.25, 0.3) is 22.0 Å². The van der Waals surface area contributed by atoms with Gasteiger partial charge in [-0.1, -0.05) is 65.9 Å². The van der Waals surface area contributed by atoms with E-state index < -0.39 is 0 Å². The van der Waals surface area contributed by atoms with E-state index in [0.29, 0.717) is 18.0 Å². The molecule has 36 heavy (non-hydrogen) atoms. The molecule has 1 aliphatic carbocycles. The smallest absolute Gasteiger partial charge is 0.251 e. The molecule has 0 spiro atoms. The first-order valence-electron chi connectivity index (χ1n) is 12.4. The number of rotatable bonds is 8. The quantitative estimate of drug-likeness (QED) is 0.332. The largest absolute Gasteiger partial charge is 0.349 e. The van der Waals surface area contributed by atoms with Crippen LogP contribution in [-0.2, 0) is 13.0 Å². The van der Waals surface area contributed by atoms with Crippen molar-refractivity contribution in [2.75, 3.05) is 0 Å². The number of fused-ring (bicyclic) bond motifs is 1. The highest BCUT2D eigenvalue weighted by molar-refractivity contribution is 5.96. The van der Waals surface area contributed by atoms with Crippen LogP contribution in [0.15, 0.2) is 97.5 Å². The van der Waals surface area contributed by atoms with Crippen molar-refractivity contribution in [1.82, 2.24) is 25.3 Å². The summed E-state index contributed by atoms with van der Waals surface area (Å²) in [5.41, 5.74) is 4.66. The lowest BCUT2D eigenvalue weighted by Crippen LogP contribution is -2.38. The Morgan fingerprint density at radius 1 is 0.972 bits per heavy atom. The fourth-order valence-corrected chi connectivity index (χ4v) is 4.75. The maximum absolute atomic E-state index is 13.4. The van der Waals surface area contributed by atoms with E-state index in [-0.39, 0.29) is 11.9 Å². The predicted octanol–water partition coefficient (Wildman–Crippen LogP) is 5.29. The van der Waals surface area contributed by atoms with Gasteiger partial charge in [0.05, 0.1) is 12.7 Å². The van der Waals surface area contributed by atoms with Gasteiger partial charge in [-0.3, -0.25) is 9.78 Å². The van der Waals surface area contributed by atoms with Gasteiger partial charge in [0.1, 0.15) is 5.69 Å². The molecule has 6 nitrogen and oxygen atoms in total. The van der Waals surface area contributed by atoms with Crippen LogP contribution in [0.1, 0.15) is 34.3 Å². The molecule has 5 aromatic rings. The van der Waals surface area contributed by atoms with E-state index in [1.807, 2.05) is 60.9 Å². The van der Waals surface area contributed by atoms with Crippen molar-refractivity contribution in [3.63, 3.8) is 0 Å². The number of benzene rings is 3. The number of hydrogen-bond donors (Lipinski definition) is 1. The van der Waals surface area contributed by atoms with Gasteiger partial charge in [0.15, 0.2) is 0 Å². The Kier molecular flexibility index (Phi) is 6.00. The highest BCUT2D eigenvalue weighted by atomic mass is 16.1. The molecular formula is C30H27N5O. The first-order chi connectivity index (χ1) is 17.7. The van der Waals surface area contributed by atoms with Gasteiger partial charge in [0, 0.05) is 34.9 Å². The number of carbonyl (C=O) groups excluding carboxylic acids is 1. The highest BCUT2D eigenvalue weighted by Crippen LogP contribution is 2.34. The summed E-state index contributed by atoms with van der Waals surface area (Å²) in [6.07, 6.45) is 8.77. The number of aromatic nitrogens is 4. The Hall–Kier alpha value is -4.32. The van der Waals surface area contributed by atoms with Crippen LogP contribution in [0.3, 0.4) is 0 Å². The molecule has 0 bridgehead atoms. The second-order valence-corrected chi connectivity index (χ2v) is 9.50. The number of amides is 1. The zero-order chi connectivity index (χ0) is 24.3. The van der Waals surface area contributed by atoms with Crippen molar-refractivity contribution >= 4 is 16.7 Å². The van der Waals surface area contributed by atoms with Gasteiger partial charge in [0.2, 0.25) is 0 Å². The summed E-state index contributed by atoms with van der Waals surface area (Å²) in [6.45, 7) is 0.473. The highest BCUT2D eigenvalue weighted by Gasteiger charge is 2.32. The van der Waals surface area contributed by atoms with Crippen molar-refractivity contribution in [2.45, 2.75) is 31.8 Å². The molecule has 0 aliphatic heterocycles. The van der Waals surface area contributed by atoms with E-state index in [4.69, 9.17) is 0 Å². The Morgan fingerprint density at radius 2 is 1.81 bits per heavy atom. The Balaban J connectivity index is 1.19. The summed E-state index contributed by atoms with van der Waals surface area (Å²) in [5.74, 6) is 0.527. The minimum atomic E-state index is -0.0260. The van der Waals surface area contributed by atoms with Gasteiger partial charge in [-0.2, -0.15) is 0 Å². The van der Waals surface area contributed by atoms with Crippen molar-refractivity contribution in [1.29, 1.82) is 0 Å². The molecule has 1 amide bonds. The van der Waals surface area contributed by atoms with Crippen molar-refractivity contribution in [3.8, 4) is 11.3 Å². The molecule has 2 aromatic heterocycles. The van der Waals surface area contributed by atoms with Crippen molar-refractivity contribution < 1.29 is 4.79 Å². The molecule has 1 atom stereocenters. The Morgan fingerprint density at radius 3 is 2.67 bits per heavy atom. The predicted molar refractivity (Wildman–Crippen MR) is 140 cm³/mol. The van der Waals surface area contributed by atoms with Crippen LogP contribution < -0.4 is 5.32 Å². The lowest BCUT2D eigenvalue weighted by Gasteiger charge is -2.19. The summed E-state index contributed by atoms with van der Waals surface area (Å²) in [4.78, 5) is 17.6. The molecule has 6 heteroatoms. The monoisotopic (exact) mass is 473 g/mol. The fourth-order valence-electron chi connectivity index (χ4n) is 4.75. The number of hydrogen-bond acceptors (Lipinski definition) is 4. The molecule has 1 unspecified atom stereocenters. The summed E-state index contributed by atoms with van der Waals surface area (Å²) in [5, 5.41) is 14.3. The van der Waals surface area contributed by atoms with Gasteiger partial charge in [-0.05, 0) is 59.9 Å². The third-order valence-corrected chi connectivity index (χ3v) is 6.88. The van der Waals surface area contributed by atoms with Crippen LogP contribution >= 0.6 is 0 Å². The zero-order valence-electron chi connectivity index (χ0n) is 19.9. The minimum Gasteiger partial charge on any atom is -0.349 e. The maximum Gasteiger partial charge on any atom is 0.251 e. The molecule has 3 aromatic carbocycles. The zero-order valence-corrected chi connectivity index (χ0v) is 19.9. The first kappa shape index (κ1) is 22.2. The lowest BCUT2D eigenvalue weighted by atomic mass is 10.0. The van der Waals surface area contributed by atoms with Crippen LogP contribution in [0.2, 0.25) is 0 Å². The molecule has 2 heterocycles. The van der Waals surface area contributed by atoms with Crippen molar-refractivity contribution in [3.05, 3.63) is 114 Å². The second-order valence-electron chi connectivity index (χ2n) is 9.50. The summed E-state index contributed by atoms with van der Waals surface area (Å²) >= 11 is 0. The summed E-state index contributed by atoms with van der Waals surface area (Å²) in [7, 11) is 0. The first-order valence-corrected chi connectivity index (χ1v) is 12.4. The molecular weight excluding hydrogens is 446 g/mol. The van der Waals surface area contributed by atoms with Gasteiger partial charge in [0.25, 0.3) is 5.91 Å². The van der Waals surface area contributed by atoms with E-state index in [1.165, 1.54) is 18.4 Å². The molecule has 0 saturated heterocycles. The molecule has 1 N–H and O–H groups in total. The molecule has 1 aliphatic rings. The van der Waals surface area contributed by atoms with Crippen LogP contribution in [0.4, 0.5) is 0 Å². The Labute approximate surface area is 210 Å². The fraction of sp³-hybridized carbons (Fsp3) is 0.200. The third kappa shape index (κ3) is 4.89. The molecule has 178 valence electrons. The molecule has 1 fully saturated rings. The van der Waals surface area contributed by atoms with Gasteiger partial charge in [-0.25, -0.2) is 4.68 Å². The second kappa shape index (κ2) is 9.74. The standard InChI is InChI=1S/C30H27N5O/c36-30(32-28(22-10-11-22)16-21-6-2-1-3-7-21)27-9-5-4-8-26(27)19-35-20-29(33-34-35)24-12-13-25-18-31-15-14-23(25)17-24/h1-9,12-15,17-18,20,22,28H,10-11,16,19H2,(H,32,36). The number of nitrogens with zero attached hydrogens (tertiary/aromatic N) is 4. The number of pyridine rings is 1. The van der Waals surface area contributed by atoms with E-state index in [1.54, 1.807) is 10.9 Å². The maximum atomic E-state index is 13.4. The van der Waals surface area contributed by atoms with Crippen LogP contribution in [-0.4, -0.2) is 31.9 Å². The van der Waals surface area contributed by atoms with Crippen LogP contribution in [0, 0.1) is 5.92 Å². The van der Waals surface area contributed by atoms with E-state index in [0.717, 1.165) is 34.0 Å². The van der Waals surface area contributed by atoms with Crippen LogP contribution in [0.5, 0.6) is 0 Å². The molecule has 6 rings (SSSR count). The normalized spacial score (nSPS) is 14.0. The summed E-state index contributed by atoms with van der Waals surface area (Å²) < 4.78 is 1.79. The third-order valence-electron chi connectivity index (χ3n) is 6.88. The SMILES string of the molecule is O=C(NC(Cc1ccccc1)C1CC1)c1ccccc1Cn1cc(-c2ccc3cnccc3c2)nn1. The molecule has 0 radical (unpaired) electrons. The topological polar surface area (TPSA) is 72.7 Å². The van der Waals surface area contributed by atoms with E-state index in [9.17, 15) is 4.79 Å². The van der Waals surface area contributed by atoms with E-state index in [2.05, 4.69) is 50.9 Å². The Bertz CT molecular complexity index is 1510.